The largest absolute Gasteiger partial charge is 0.378 e. The molecule has 120 valence electrons. The van der Waals surface area contributed by atoms with Crippen LogP contribution >= 0.6 is 11.3 Å². The highest BCUT2D eigenvalue weighted by molar-refractivity contribution is 7.15. The lowest BCUT2D eigenvalue weighted by Crippen LogP contribution is -2.27. The van der Waals surface area contributed by atoms with E-state index in [0.29, 0.717) is 6.61 Å². The number of thiazole rings is 1. The monoisotopic (exact) mass is 311 g/mol. The molecule has 5 heteroatoms. The van der Waals surface area contributed by atoms with Crippen molar-refractivity contribution in [3.05, 3.63) is 10.6 Å². The number of rotatable bonds is 10. The van der Waals surface area contributed by atoms with Crippen LogP contribution in [0.4, 0.5) is 5.13 Å². The van der Waals surface area contributed by atoms with Gasteiger partial charge in [0.2, 0.25) is 0 Å². The first-order valence-corrected chi connectivity index (χ1v) is 8.92. The van der Waals surface area contributed by atoms with Gasteiger partial charge in [0.25, 0.3) is 0 Å². The van der Waals surface area contributed by atoms with Crippen LogP contribution in [0.1, 0.15) is 50.6 Å². The number of nitrogens with zero attached hydrogens (tertiary/aromatic N) is 2. The predicted molar refractivity (Wildman–Crippen MR) is 90.0 cm³/mol. The van der Waals surface area contributed by atoms with Crippen molar-refractivity contribution in [2.24, 2.45) is 5.92 Å². The summed E-state index contributed by atoms with van der Waals surface area (Å²) in [5.74, 6) is 0.742. The van der Waals surface area contributed by atoms with E-state index >= 15 is 0 Å². The fraction of sp³-hybridized carbons (Fsp3) is 0.812. The maximum Gasteiger partial charge on any atom is 0.186 e. The standard InChI is InChI=1S/C16H29N3OS/c1-5-17-10-15-14(11-20-4)18-16(21-15)19(13-6-7-13)9-8-12(2)3/h12-13,17H,5-11H2,1-4H3. The minimum atomic E-state index is 0.611. The molecule has 21 heavy (non-hydrogen) atoms. The van der Waals surface area contributed by atoms with E-state index in [1.807, 2.05) is 11.3 Å². The number of ether oxygens (including phenoxy) is 1. The Hall–Kier alpha value is -0.650. The molecule has 1 aliphatic carbocycles. The molecule has 0 spiro atoms. The predicted octanol–water partition coefficient (Wildman–Crippen LogP) is 3.41. The molecular formula is C16H29N3OS. The number of anilines is 1. The second-order valence-electron chi connectivity index (χ2n) is 6.19. The summed E-state index contributed by atoms with van der Waals surface area (Å²) in [4.78, 5) is 8.72. The van der Waals surface area contributed by atoms with Crippen molar-refractivity contribution in [3.8, 4) is 0 Å². The molecule has 0 aliphatic heterocycles. The zero-order valence-corrected chi connectivity index (χ0v) is 14.6. The smallest absolute Gasteiger partial charge is 0.186 e. The summed E-state index contributed by atoms with van der Waals surface area (Å²) in [6.45, 7) is 10.3. The molecule has 1 aromatic rings. The van der Waals surface area contributed by atoms with Gasteiger partial charge < -0.3 is 15.0 Å². The lowest BCUT2D eigenvalue weighted by Gasteiger charge is -2.22. The van der Waals surface area contributed by atoms with Gasteiger partial charge in [0.05, 0.1) is 12.3 Å². The SMILES string of the molecule is CCNCc1sc(N(CCC(C)C)C2CC2)nc1COC. The van der Waals surface area contributed by atoms with E-state index in [1.54, 1.807) is 7.11 Å². The quantitative estimate of drug-likeness (QED) is 0.718. The van der Waals surface area contributed by atoms with Crippen molar-refractivity contribution in [3.63, 3.8) is 0 Å². The van der Waals surface area contributed by atoms with Crippen LogP contribution in [0.15, 0.2) is 0 Å². The van der Waals surface area contributed by atoms with Crippen molar-refractivity contribution in [1.82, 2.24) is 10.3 Å². The van der Waals surface area contributed by atoms with Gasteiger partial charge in [-0.05, 0) is 31.7 Å². The Kier molecular flexibility index (Phi) is 6.45. The molecule has 2 rings (SSSR count). The van der Waals surface area contributed by atoms with Crippen LogP contribution < -0.4 is 10.2 Å². The Morgan fingerprint density at radius 2 is 2.19 bits per heavy atom. The molecular weight excluding hydrogens is 282 g/mol. The Morgan fingerprint density at radius 3 is 2.76 bits per heavy atom. The molecule has 1 aromatic heterocycles. The van der Waals surface area contributed by atoms with Crippen LogP contribution in [0.5, 0.6) is 0 Å². The zero-order chi connectivity index (χ0) is 15.2. The molecule has 1 aliphatic rings. The Labute approximate surface area is 132 Å². The molecule has 4 nitrogen and oxygen atoms in total. The van der Waals surface area contributed by atoms with E-state index in [-0.39, 0.29) is 0 Å². The van der Waals surface area contributed by atoms with Crippen molar-refractivity contribution in [1.29, 1.82) is 0 Å². The van der Waals surface area contributed by atoms with Gasteiger partial charge in [0.15, 0.2) is 5.13 Å². The summed E-state index contributed by atoms with van der Waals surface area (Å²) in [5.41, 5.74) is 1.11. The van der Waals surface area contributed by atoms with Crippen LogP contribution in [0.3, 0.4) is 0 Å². The van der Waals surface area contributed by atoms with Gasteiger partial charge in [-0.15, -0.1) is 11.3 Å². The van der Waals surface area contributed by atoms with Gasteiger partial charge in [-0.25, -0.2) is 4.98 Å². The molecule has 0 saturated heterocycles. The fourth-order valence-corrected chi connectivity index (χ4v) is 3.47. The van der Waals surface area contributed by atoms with E-state index in [1.165, 1.54) is 29.3 Å². The first-order chi connectivity index (χ1) is 10.2. The summed E-state index contributed by atoms with van der Waals surface area (Å²) < 4.78 is 5.31. The van der Waals surface area contributed by atoms with Crippen molar-refractivity contribution < 1.29 is 4.74 Å². The minimum Gasteiger partial charge on any atom is -0.378 e. The molecule has 0 aromatic carbocycles. The van der Waals surface area contributed by atoms with Gasteiger partial charge in [0, 0.05) is 31.1 Å². The number of hydrogen-bond donors (Lipinski definition) is 1. The lowest BCUT2D eigenvalue weighted by atomic mass is 10.1. The Balaban J connectivity index is 2.11. The van der Waals surface area contributed by atoms with Crippen molar-refractivity contribution >= 4 is 16.5 Å². The molecule has 0 bridgehead atoms. The van der Waals surface area contributed by atoms with Crippen LogP contribution in [-0.4, -0.2) is 31.2 Å². The normalized spacial score (nSPS) is 14.9. The zero-order valence-electron chi connectivity index (χ0n) is 13.8. The second kappa shape index (κ2) is 8.11. The van der Waals surface area contributed by atoms with E-state index in [0.717, 1.165) is 37.3 Å². The van der Waals surface area contributed by atoms with Gasteiger partial charge in [-0.2, -0.15) is 0 Å². The van der Waals surface area contributed by atoms with Gasteiger partial charge >= 0.3 is 0 Å². The molecule has 1 saturated carbocycles. The highest BCUT2D eigenvalue weighted by Gasteiger charge is 2.31. The molecule has 1 N–H and O–H groups in total. The summed E-state index contributed by atoms with van der Waals surface area (Å²) in [5, 5.41) is 4.60. The third-order valence-electron chi connectivity index (χ3n) is 3.76. The van der Waals surface area contributed by atoms with Crippen LogP contribution in [-0.2, 0) is 17.9 Å². The molecule has 0 atom stereocenters. The summed E-state index contributed by atoms with van der Waals surface area (Å²) in [7, 11) is 1.74. The van der Waals surface area contributed by atoms with Gasteiger partial charge in [-0.3, -0.25) is 0 Å². The van der Waals surface area contributed by atoms with Crippen LogP contribution in [0.2, 0.25) is 0 Å². The van der Waals surface area contributed by atoms with Crippen LogP contribution in [0.25, 0.3) is 0 Å². The van der Waals surface area contributed by atoms with Crippen molar-refractivity contribution in [2.75, 3.05) is 25.1 Å². The maximum absolute atomic E-state index is 5.31. The van der Waals surface area contributed by atoms with Gasteiger partial charge in [0.1, 0.15) is 0 Å². The summed E-state index contributed by atoms with van der Waals surface area (Å²) >= 11 is 1.84. The fourth-order valence-electron chi connectivity index (χ4n) is 2.34. The van der Waals surface area contributed by atoms with E-state index in [9.17, 15) is 0 Å². The number of aromatic nitrogens is 1. The van der Waals surface area contributed by atoms with E-state index in [4.69, 9.17) is 9.72 Å². The highest BCUT2D eigenvalue weighted by atomic mass is 32.1. The molecule has 1 heterocycles. The minimum absolute atomic E-state index is 0.611. The average molecular weight is 311 g/mol. The van der Waals surface area contributed by atoms with Crippen molar-refractivity contribution in [2.45, 2.75) is 59.2 Å². The first kappa shape index (κ1) is 16.7. The Bertz CT molecular complexity index is 429. The maximum atomic E-state index is 5.31. The lowest BCUT2D eigenvalue weighted by molar-refractivity contribution is 0.181. The first-order valence-electron chi connectivity index (χ1n) is 8.10. The topological polar surface area (TPSA) is 37.4 Å². The van der Waals surface area contributed by atoms with Crippen LogP contribution in [0, 0.1) is 5.92 Å². The summed E-state index contributed by atoms with van der Waals surface area (Å²) in [6.07, 6.45) is 3.87. The number of methoxy groups -OCH3 is 1. The third kappa shape index (κ3) is 4.94. The molecule has 1 fully saturated rings. The average Bonchev–Trinajstić information content (AvgIpc) is 3.20. The van der Waals surface area contributed by atoms with E-state index in [2.05, 4.69) is 31.0 Å². The second-order valence-corrected chi connectivity index (χ2v) is 7.25. The van der Waals surface area contributed by atoms with Gasteiger partial charge in [-0.1, -0.05) is 20.8 Å². The Morgan fingerprint density at radius 1 is 1.43 bits per heavy atom. The highest BCUT2D eigenvalue weighted by Crippen LogP contribution is 2.36. The molecule has 0 amide bonds. The van der Waals surface area contributed by atoms with E-state index < -0.39 is 0 Å². The molecule has 0 unspecified atom stereocenters. The third-order valence-corrected chi connectivity index (χ3v) is 4.90. The number of nitrogens with one attached hydrogen (secondary N) is 1. The summed E-state index contributed by atoms with van der Waals surface area (Å²) in [6, 6.07) is 0.720. The molecule has 0 radical (unpaired) electrons. The number of hydrogen-bond acceptors (Lipinski definition) is 5.